The third kappa shape index (κ3) is 4.36. The lowest BCUT2D eigenvalue weighted by molar-refractivity contribution is 0.0950. The minimum atomic E-state index is -0.127. The van der Waals surface area contributed by atoms with E-state index in [9.17, 15) is 4.79 Å². The van der Waals surface area contributed by atoms with E-state index in [1.54, 1.807) is 0 Å². The highest BCUT2D eigenvalue weighted by Gasteiger charge is 2.28. The van der Waals surface area contributed by atoms with Gasteiger partial charge in [0.15, 0.2) is 11.6 Å². The van der Waals surface area contributed by atoms with E-state index in [1.165, 1.54) is 19.3 Å². The number of aromatic nitrogens is 1. The lowest BCUT2D eigenvalue weighted by atomic mass is 10.0. The van der Waals surface area contributed by atoms with Gasteiger partial charge in [-0.3, -0.25) is 4.79 Å². The van der Waals surface area contributed by atoms with Gasteiger partial charge in [0.25, 0.3) is 5.91 Å². The summed E-state index contributed by atoms with van der Waals surface area (Å²) in [6.07, 6.45) is 4.62. The molecule has 0 bridgehead atoms. The van der Waals surface area contributed by atoms with Crippen molar-refractivity contribution in [3.8, 4) is 11.3 Å². The summed E-state index contributed by atoms with van der Waals surface area (Å²) < 4.78 is 11.1. The van der Waals surface area contributed by atoms with E-state index in [1.807, 2.05) is 30.3 Å². The topological polar surface area (TPSA) is 79.6 Å². The molecular formula is C21H28N4O3. The third-order valence-corrected chi connectivity index (χ3v) is 5.44. The van der Waals surface area contributed by atoms with Crippen LogP contribution in [0.5, 0.6) is 0 Å². The van der Waals surface area contributed by atoms with E-state index in [-0.39, 0.29) is 5.91 Å². The highest BCUT2D eigenvalue weighted by molar-refractivity contribution is 6.04. The Morgan fingerprint density at radius 1 is 1.21 bits per heavy atom. The predicted octanol–water partition coefficient (Wildman–Crippen LogP) is 2.44. The molecule has 1 aromatic heterocycles. The highest BCUT2D eigenvalue weighted by atomic mass is 16.5. The summed E-state index contributed by atoms with van der Waals surface area (Å²) in [7, 11) is 0. The minimum Gasteiger partial charge on any atom is -0.378 e. The first-order valence-corrected chi connectivity index (χ1v) is 10.2. The molecule has 1 amide bonds. The van der Waals surface area contributed by atoms with Crippen molar-refractivity contribution in [2.75, 3.05) is 44.3 Å². The summed E-state index contributed by atoms with van der Waals surface area (Å²) >= 11 is 0. The van der Waals surface area contributed by atoms with Crippen LogP contribution in [0.25, 0.3) is 11.3 Å². The molecule has 1 unspecified atom stereocenters. The fourth-order valence-electron chi connectivity index (χ4n) is 3.88. The number of rotatable bonds is 6. The minimum absolute atomic E-state index is 0.127. The number of hydrogen-bond donors (Lipinski definition) is 2. The molecule has 0 radical (unpaired) electrons. The van der Waals surface area contributed by atoms with Crippen LogP contribution in [0.1, 0.15) is 36.0 Å². The zero-order valence-corrected chi connectivity index (χ0v) is 16.2. The summed E-state index contributed by atoms with van der Waals surface area (Å²) in [6.45, 7) is 4.37. The van der Waals surface area contributed by atoms with Gasteiger partial charge in [-0.25, -0.2) is 0 Å². The van der Waals surface area contributed by atoms with Gasteiger partial charge >= 0.3 is 0 Å². The van der Waals surface area contributed by atoms with Crippen molar-refractivity contribution in [1.29, 1.82) is 0 Å². The van der Waals surface area contributed by atoms with Crippen molar-refractivity contribution in [2.24, 2.45) is 0 Å². The first-order valence-electron chi connectivity index (χ1n) is 10.2. The standard InChI is InChI=1S/C21H28N4O3/c26-21(23-11-9-17-8-4-5-10-22-17)18-19(16-6-2-1-3-7-16)28-24-20(18)25-12-14-27-15-13-25/h1-3,6-7,17,22H,4-5,8-15H2,(H,23,26). The Balaban J connectivity index is 1.52. The zero-order valence-electron chi connectivity index (χ0n) is 16.2. The third-order valence-electron chi connectivity index (χ3n) is 5.44. The molecule has 2 fully saturated rings. The number of nitrogens with zero attached hydrogens (tertiary/aromatic N) is 2. The largest absolute Gasteiger partial charge is 0.378 e. The second-order valence-electron chi connectivity index (χ2n) is 7.37. The number of piperidine rings is 1. The van der Waals surface area contributed by atoms with Crippen molar-refractivity contribution >= 4 is 11.7 Å². The maximum atomic E-state index is 13.1. The molecule has 0 spiro atoms. The van der Waals surface area contributed by atoms with Crippen LogP contribution in [0, 0.1) is 0 Å². The van der Waals surface area contributed by atoms with Crippen molar-refractivity contribution < 1.29 is 14.1 Å². The lowest BCUT2D eigenvalue weighted by Crippen LogP contribution is -2.39. The predicted molar refractivity (Wildman–Crippen MR) is 108 cm³/mol. The van der Waals surface area contributed by atoms with Crippen LogP contribution in [0.3, 0.4) is 0 Å². The van der Waals surface area contributed by atoms with Crippen LogP contribution in [-0.4, -0.2) is 56.5 Å². The van der Waals surface area contributed by atoms with Gasteiger partial charge in [-0.2, -0.15) is 0 Å². The second-order valence-corrected chi connectivity index (χ2v) is 7.37. The van der Waals surface area contributed by atoms with Crippen LogP contribution in [0.4, 0.5) is 5.82 Å². The fourth-order valence-corrected chi connectivity index (χ4v) is 3.88. The molecule has 1 aromatic carbocycles. The molecule has 2 N–H and O–H groups in total. The zero-order chi connectivity index (χ0) is 19.2. The van der Waals surface area contributed by atoms with Gasteiger partial charge in [-0.1, -0.05) is 41.9 Å². The fraction of sp³-hybridized carbons (Fsp3) is 0.524. The molecule has 2 aliphatic heterocycles. The summed E-state index contributed by atoms with van der Waals surface area (Å²) in [5.41, 5.74) is 1.37. The second kappa shape index (κ2) is 9.21. The number of benzene rings is 1. The van der Waals surface area contributed by atoms with Crippen LogP contribution >= 0.6 is 0 Å². The van der Waals surface area contributed by atoms with Gasteiger partial charge < -0.3 is 24.8 Å². The van der Waals surface area contributed by atoms with Crippen molar-refractivity contribution in [1.82, 2.24) is 15.8 Å². The van der Waals surface area contributed by atoms with Gasteiger partial charge in [0.2, 0.25) is 0 Å². The molecule has 4 rings (SSSR count). The van der Waals surface area contributed by atoms with E-state index in [0.717, 1.165) is 18.5 Å². The number of morpholine rings is 1. The quantitative estimate of drug-likeness (QED) is 0.796. The molecule has 150 valence electrons. The van der Waals surface area contributed by atoms with E-state index in [4.69, 9.17) is 9.26 Å². The van der Waals surface area contributed by atoms with Crippen molar-refractivity contribution in [3.05, 3.63) is 35.9 Å². The first kappa shape index (κ1) is 19.0. The van der Waals surface area contributed by atoms with Crippen LogP contribution in [0.15, 0.2) is 34.9 Å². The van der Waals surface area contributed by atoms with Crippen LogP contribution < -0.4 is 15.5 Å². The molecule has 2 aliphatic rings. The van der Waals surface area contributed by atoms with E-state index >= 15 is 0 Å². The number of carbonyl (C=O) groups excluding carboxylic acids is 1. The average Bonchev–Trinajstić information content (AvgIpc) is 3.21. The van der Waals surface area contributed by atoms with Gasteiger partial charge in [-0.15, -0.1) is 0 Å². The maximum Gasteiger partial charge on any atom is 0.259 e. The number of hydrogen-bond acceptors (Lipinski definition) is 6. The Labute approximate surface area is 165 Å². The van der Waals surface area contributed by atoms with Gasteiger partial charge in [0.05, 0.1) is 13.2 Å². The van der Waals surface area contributed by atoms with Crippen molar-refractivity contribution in [3.63, 3.8) is 0 Å². The molecule has 2 aromatic rings. The lowest BCUT2D eigenvalue weighted by Gasteiger charge is -2.27. The van der Waals surface area contributed by atoms with Crippen LogP contribution in [0.2, 0.25) is 0 Å². The Morgan fingerprint density at radius 3 is 2.79 bits per heavy atom. The Morgan fingerprint density at radius 2 is 2.04 bits per heavy atom. The molecule has 0 aliphatic carbocycles. The molecule has 1 atom stereocenters. The summed E-state index contributed by atoms with van der Waals surface area (Å²) in [5.74, 6) is 1.00. The average molecular weight is 384 g/mol. The van der Waals surface area contributed by atoms with E-state index in [2.05, 4.69) is 20.7 Å². The smallest absolute Gasteiger partial charge is 0.259 e. The van der Waals surface area contributed by atoms with E-state index in [0.29, 0.717) is 56.0 Å². The number of anilines is 1. The molecule has 7 nitrogen and oxygen atoms in total. The van der Waals surface area contributed by atoms with Gasteiger partial charge in [-0.05, 0) is 25.8 Å². The number of ether oxygens (including phenoxy) is 1. The number of nitrogens with one attached hydrogen (secondary N) is 2. The van der Waals surface area contributed by atoms with Gasteiger partial charge in [0, 0.05) is 31.2 Å². The SMILES string of the molecule is O=C(NCCC1CCCCN1)c1c(N2CCOCC2)noc1-c1ccccc1. The molecule has 3 heterocycles. The maximum absolute atomic E-state index is 13.1. The summed E-state index contributed by atoms with van der Waals surface area (Å²) in [4.78, 5) is 15.2. The number of carbonyl (C=O) groups is 1. The molecule has 28 heavy (non-hydrogen) atoms. The Hall–Kier alpha value is -2.38. The summed E-state index contributed by atoms with van der Waals surface area (Å²) in [6, 6.07) is 10.2. The highest BCUT2D eigenvalue weighted by Crippen LogP contribution is 2.31. The molecular weight excluding hydrogens is 356 g/mol. The Kier molecular flexibility index (Phi) is 6.24. The Bertz CT molecular complexity index is 765. The number of amides is 1. The molecule has 7 heteroatoms. The van der Waals surface area contributed by atoms with Gasteiger partial charge in [0.1, 0.15) is 5.56 Å². The summed E-state index contributed by atoms with van der Waals surface area (Å²) in [5, 5.41) is 10.9. The van der Waals surface area contributed by atoms with E-state index < -0.39 is 0 Å². The van der Waals surface area contributed by atoms with Crippen LogP contribution in [-0.2, 0) is 4.74 Å². The monoisotopic (exact) mass is 384 g/mol. The normalized spacial score (nSPS) is 20.1. The molecule has 0 saturated carbocycles. The van der Waals surface area contributed by atoms with Crippen molar-refractivity contribution in [2.45, 2.75) is 31.7 Å². The first-order chi connectivity index (χ1) is 13.8. The molecule has 2 saturated heterocycles.